The van der Waals surface area contributed by atoms with Crippen LogP contribution in [0.25, 0.3) is 16.4 Å². The molecule has 1 aliphatic rings. The number of piperidine rings is 1. The van der Waals surface area contributed by atoms with Crippen molar-refractivity contribution in [2.24, 2.45) is 5.92 Å². The smallest absolute Gasteiger partial charge is 0.291 e. The van der Waals surface area contributed by atoms with Crippen molar-refractivity contribution in [2.75, 3.05) is 13.1 Å². The number of rotatable bonds is 4. The van der Waals surface area contributed by atoms with E-state index >= 15 is 0 Å². The Morgan fingerprint density at radius 3 is 2.78 bits per heavy atom. The molecule has 0 aliphatic carbocycles. The van der Waals surface area contributed by atoms with Crippen LogP contribution >= 0.6 is 23.7 Å². The molecule has 2 aromatic heterocycles. The van der Waals surface area contributed by atoms with Crippen LogP contribution in [-0.4, -0.2) is 39.8 Å². The Kier molecular flexibility index (Phi) is 6.26. The Hall–Kier alpha value is -2.22. The van der Waals surface area contributed by atoms with Gasteiger partial charge in [-0.25, -0.2) is 9.67 Å². The van der Waals surface area contributed by atoms with Crippen molar-refractivity contribution in [1.82, 2.24) is 25.4 Å². The summed E-state index contributed by atoms with van der Waals surface area (Å²) < 4.78 is 1.74. The summed E-state index contributed by atoms with van der Waals surface area (Å²) in [5.74, 6) is 1.08. The SMILES string of the molecule is CC1CNCCC1NC(=O)c1nc(-c2cccs2)n(-c2ccccc2)n1.Cl. The molecule has 1 saturated heterocycles. The zero-order valence-electron chi connectivity index (χ0n) is 15.0. The molecule has 6 nitrogen and oxygen atoms in total. The van der Waals surface area contributed by atoms with Crippen LogP contribution in [0.3, 0.4) is 0 Å². The number of benzene rings is 1. The number of amides is 1. The van der Waals surface area contributed by atoms with Gasteiger partial charge in [0, 0.05) is 6.04 Å². The number of nitrogens with zero attached hydrogens (tertiary/aromatic N) is 3. The lowest BCUT2D eigenvalue weighted by Crippen LogP contribution is -2.48. The summed E-state index contributed by atoms with van der Waals surface area (Å²) in [6.45, 7) is 3.98. The van der Waals surface area contributed by atoms with Gasteiger partial charge in [-0.1, -0.05) is 31.2 Å². The van der Waals surface area contributed by atoms with E-state index in [1.165, 1.54) is 0 Å². The summed E-state index contributed by atoms with van der Waals surface area (Å²) in [5, 5.41) is 13.0. The van der Waals surface area contributed by atoms with Crippen LogP contribution in [-0.2, 0) is 0 Å². The van der Waals surface area contributed by atoms with Crippen LogP contribution in [0.5, 0.6) is 0 Å². The summed E-state index contributed by atoms with van der Waals surface area (Å²) in [6, 6.07) is 13.9. The predicted octanol–water partition coefficient (Wildman–Crippen LogP) is 3.15. The van der Waals surface area contributed by atoms with Crippen LogP contribution in [0.2, 0.25) is 0 Å². The van der Waals surface area contributed by atoms with E-state index in [1.54, 1.807) is 16.0 Å². The predicted molar refractivity (Wildman–Crippen MR) is 110 cm³/mol. The first-order chi connectivity index (χ1) is 12.7. The van der Waals surface area contributed by atoms with Crippen molar-refractivity contribution >= 4 is 29.7 Å². The molecule has 0 spiro atoms. The maximum Gasteiger partial charge on any atom is 0.291 e. The average molecular weight is 404 g/mol. The molecule has 1 aliphatic heterocycles. The van der Waals surface area contributed by atoms with Gasteiger partial charge in [-0.2, -0.15) is 0 Å². The third-order valence-electron chi connectivity index (χ3n) is 4.65. The molecule has 27 heavy (non-hydrogen) atoms. The number of nitrogens with one attached hydrogen (secondary N) is 2. The van der Waals surface area contributed by atoms with Gasteiger partial charge in [0.25, 0.3) is 5.91 Å². The lowest BCUT2D eigenvalue weighted by atomic mass is 9.95. The lowest BCUT2D eigenvalue weighted by molar-refractivity contribution is 0.0903. The largest absolute Gasteiger partial charge is 0.346 e. The number of halogens is 1. The average Bonchev–Trinajstić information content (AvgIpc) is 3.34. The Balaban J connectivity index is 0.00000210. The van der Waals surface area contributed by atoms with Gasteiger partial charge in [-0.3, -0.25) is 4.79 Å². The monoisotopic (exact) mass is 403 g/mol. The van der Waals surface area contributed by atoms with Crippen LogP contribution in [0, 0.1) is 5.92 Å². The highest BCUT2D eigenvalue weighted by Crippen LogP contribution is 2.25. The quantitative estimate of drug-likeness (QED) is 0.702. The molecule has 3 heterocycles. The molecule has 2 atom stereocenters. The Morgan fingerprint density at radius 1 is 1.26 bits per heavy atom. The summed E-state index contributed by atoms with van der Waals surface area (Å²) >= 11 is 1.58. The van der Waals surface area contributed by atoms with E-state index in [1.807, 2.05) is 47.8 Å². The third-order valence-corrected chi connectivity index (χ3v) is 5.52. The molecular formula is C19H22ClN5OS. The molecule has 8 heteroatoms. The van der Waals surface area contributed by atoms with E-state index in [2.05, 4.69) is 27.6 Å². The molecule has 3 aromatic rings. The first-order valence-electron chi connectivity index (χ1n) is 8.80. The summed E-state index contributed by atoms with van der Waals surface area (Å²) in [4.78, 5) is 18.3. The molecule has 1 fully saturated rings. The summed E-state index contributed by atoms with van der Waals surface area (Å²) in [6.07, 6.45) is 0.921. The van der Waals surface area contributed by atoms with E-state index in [4.69, 9.17) is 0 Å². The van der Waals surface area contributed by atoms with Gasteiger partial charge in [-0.15, -0.1) is 28.8 Å². The van der Waals surface area contributed by atoms with Crippen molar-refractivity contribution in [3.05, 3.63) is 53.7 Å². The standard InChI is InChI=1S/C19H21N5OS.ClH/c1-13-12-20-10-9-15(13)21-19(25)17-22-18(16-8-5-11-26-16)24(23-17)14-6-3-2-4-7-14;/h2-8,11,13,15,20H,9-10,12H2,1H3,(H,21,25);1H. The van der Waals surface area contributed by atoms with Gasteiger partial charge in [0.2, 0.25) is 5.82 Å². The van der Waals surface area contributed by atoms with Gasteiger partial charge in [0.15, 0.2) is 5.82 Å². The minimum absolute atomic E-state index is 0. The number of thiophene rings is 1. The lowest BCUT2D eigenvalue weighted by Gasteiger charge is -2.29. The normalized spacial score (nSPS) is 19.3. The number of carbonyl (C=O) groups excluding carboxylic acids is 1. The van der Waals surface area contributed by atoms with Gasteiger partial charge in [-0.05, 0) is 49.0 Å². The van der Waals surface area contributed by atoms with Crippen molar-refractivity contribution in [3.8, 4) is 16.4 Å². The van der Waals surface area contributed by atoms with E-state index in [0.717, 1.165) is 30.1 Å². The molecule has 142 valence electrons. The second-order valence-corrected chi connectivity index (χ2v) is 7.48. The molecular weight excluding hydrogens is 382 g/mol. The second-order valence-electron chi connectivity index (χ2n) is 6.53. The van der Waals surface area contributed by atoms with Gasteiger partial charge in [0.05, 0.1) is 10.6 Å². The van der Waals surface area contributed by atoms with Crippen LogP contribution in [0.4, 0.5) is 0 Å². The summed E-state index contributed by atoms with van der Waals surface area (Å²) in [7, 11) is 0. The van der Waals surface area contributed by atoms with E-state index in [-0.39, 0.29) is 30.2 Å². The maximum atomic E-state index is 12.8. The molecule has 2 N–H and O–H groups in total. The Labute approximate surface area is 168 Å². The fourth-order valence-corrected chi connectivity index (χ4v) is 3.88. The van der Waals surface area contributed by atoms with Crippen molar-refractivity contribution in [1.29, 1.82) is 0 Å². The highest BCUT2D eigenvalue weighted by molar-refractivity contribution is 7.13. The minimum atomic E-state index is -0.212. The highest BCUT2D eigenvalue weighted by Gasteiger charge is 2.26. The van der Waals surface area contributed by atoms with Crippen molar-refractivity contribution < 1.29 is 4.79 Å². The summed E-state index contributed by atoms with van der Waals surface area (Å²) in [5.41, 5.74) is 0.887. The number of carbonyl (C=O) groups is 1. The van der Waals surface area contributed by atoms with Gasteiger partial charge < -0.3 is 10.6 Å². The molecule has 1 aromatic carbocycles. The molecule has 4 rings (SSSR count). The van der Waals surface area contributed by atoms with E-state index in [0.29, 0.717) is 11.7 Å². The fourth-order valence-electron chi connectivity index (χ4n) is 3.18. The van der Waals surface area contributed by atoms with Crippen molar-refractivity contribution in [2.45, 2.75) is 19.4 Å². The van der Waals surface area contributed by atoms with E-state index < -0.39 is 0 Å². The van der Waals surface area contributed by atoms with Gasteiger partial charge in [0.1, 0.15) is 0 Å². The van der Waals surface area contributed by atoms with Crippen LogP contribution < -0.4 is 10.6 Å². The minimum Gasteiger partial charge on any atom is -0.346 e. The highest BCUT2D eigenvalue weighted by atomic mass is 35.5. The van der Waals surface area contributed by atoms with E-state index in [9.17, 15) is 4.79 Å². The fraction of sp³-hybridized carbons (Fsp3) is 0.316. The number of para-hydroxylation sites is 1. The molecule has 0 radical (unpaired) electrons. The molecule has 1 amide bonds. The zero-order chi connectivity index (χ0) is 17.9. The van der Waals surface area contributed by atoms with Crippen molar-refractivity contribution in [3.63, 3.8) is 0 Å². The maximum absolute atomic E-state index is 12.8. The number of aromatic nitrogens is 3. The van der Waals surface area contributed by atoms with Crippen LogP contribution in [0.15, 0.2) is 47.8 Å². The second kappa shape index (κ2) is 8.65. The first kappa shape index (κ1) is 19.5. The molecule has 0 saturated carbocycles. The Morgan fingerprint density at radius 2 is 2.07 bits per heavy atom. The Bertz CT molecular complexity index is 881. The number of hydrogen-bond donors (Lipinski definition) is 2. The van der Waals surface area contributed by atoms with Crippen LogP contribution in [0.1, 0.15) is 24.0 Å². The third kappa shape index (κ3) is 4.21. The zero-order valence-corrected chi connectivity index (χ0v) is 16.6. The first-order valence-corrected chi connectivity index (χ1v) is 9.68. The molecule has 0 bridgehead atoms. The van der Waals surface area contributed by atoms with Gasteiger partial charge >= 0.3 is 0 Å². The topological polar surface area (TPSA) is 71.8 Å². The molecule has 2 unspecified atom stereocenters. The number of hydrogen-bond acceptors (Lipinski definition) is 5.